The molecule has 192 valence electrons. The molecule has 8 nitrogen and oxygen atoms in total. The summed E-state index contributed by atoms with van der Waals surface area (Å²) in [5.74, 6) is 2.68. The molecule has 2 unspecified atom stereocenters. The number of ether oxygens (including phenoxy) is 4. The van der Waals surface area contributed by atoms with Crippen LogP contribution >= 0.6 is 0 Å². The first kappa shape index (κ1) is 24.3. The highest BCUT2D eigenvalue weighted by molar-refractivity contribution is 5.89. The number of carbonyl (C=O) groups excluding carboxylic acids is 2. The molecule has 0 aromatic heterocycles. The van der Waals surface area contributed by atoms with Crippen LogP contribution in [0.25, 0.3) is 0 Å². The van der Waals surface area contributed by atoms with Crippen molar-refractivity contribution in [3.8, 4) is 23.0 Å². The van der Waals surface area contributed by atoms with Gasteiger partial charge in [-0.3, -0.25) is 9.59 Å². The summed E-state index contributed by atoms with van der Waals surface area (Å²) in [6.45, 7) is 3.04. The van der Waals surface area contributed by atoms with Crippen molar-refractivity contribution in [2.75, 3.05) is 47.1 Å². The zero-order valence-electron chi connectivity index (χ0n) is 21.0. The lowest BCUT2D eigenvalue weighted by atomic mass is 10.0. The minimum atomic E-state index is -0.302. The lowest BCUT2D eigenvalue weighted by molar-refractivity contribution is -0.136. The Kier molecular flexibility index (Phi) is 7.20. The summed E-state index contributed by atoms with van der Waals surface area (Å²) in [6.07, 6.45) is 3.69. The molecule has 0 bridgehead atoms. The van der Waals surface area contributed by atoms with Crippen LogP contribution < -0.4 is 18.9 Å². The number of nitrogens with zero attached hydrogens (tertiary/aromatic N) is 2. The third-order valence-electron chi connectivity index (χ3n) is 7.37. The van der Waals surface area contributed by atoms with E-state index in [0.29, 0.717) is 50.8 Å². The van der Waals surface area contributed by atoms with Crippen LogP contribution in [0, 0.1) is 5.92 Å². The van der Waals surface area contributed by atoms with Gasteiger partial charge in [-0.2, -0.15) is 0 Å². The molecule has 0 N–H and O–H groups in total. The molecule has 2 aromatic carbocycles. The molecule has 3 aliphatic heterocycles. The Balaban J connectivity index is 1.22. The number of hydrogen-bond acceptors (Lipinski definition) is 6. The van der Waals surface area contributed by atoms with Gasteiger partial charge in [0.2, 0.25) is 11.8 Å². The van der Waals surface area contributed by atoms with Gasteiger partial charge < -0.3 is 28.7 Å². The Morgan fingerprint density at radius 2 is 1.81 bits per heavy atom. The van der Waals surface area contributed by atoms with Gasteiger partial charge in [-0.25, -0.2) is 0 Å². The maximum absolute atomic E-state index is 13.6. The van der Waals surface area contributed by atoms with Crippen LogP contribution in [0.1, 0.15) is 42.9 Å². The second kappa shape index (κ2) is 10.7. The van der Waals surface area contributed by atoms with Crippen LogP contribution in [0.3, 0.4) is 0 Å². The standard InChI is InChI=1S/C28H34N2O6/c1-33-23-8-6-19(15-25(23)34-2)10-12-29-18-21(17-27(29)31)28(32)30-11-3-5-22(30)20-7-9-24-26(16-20)36-14-4-13-35-24/h6-9,15-16,21-22H,3-5,10-14,17-18H2,1-2H3. The van der Waals surface area contributed by atoms with Crippen LogP contribution in [0.5, 0.6) is 23.0 Å². The van der Waals surface area contributed by atoms with E-state index in [-0.39, 0.29) is 30.2 Å². The molecule has 0 spiro atoms. The van der Waals surface area contributed by atoms with Gasteiger partial charge in [0.1, 0.15) is 0 Å². The number of rotatable bonds is 7. The molecule has 36 heavy (non-hydrogen) atoms. The fourth-order valence-electron chi connectivity index (χ4n) is 5.45. The lowest BCUT2D eigenvalue weighted by Gasteiger charge is -2.28. The molecule has 0 aliphatic carbocycles. The van der Waals surface area contributed by atoms with Crippen molar-refractivity contribution in [3.63, 3.8) is 0 Å². The molecular weight excluding hydrogens is 460 g/mol. The van der Waals surface area contributed by atoms with E-state index in [2.05, 4.69) is 0 Å². The highest BCUT2D eigenvalue weighted by Crippen LogP contribution is 2.39. The molecule has 2 atom stereocenters. The van der Waals surface area contributed by atoms with Crippen molar-refractivity contribution in [1.82, 2.24) is 9.80 Å². The Labute approximate surface area is 212 Å². The highest BCUT2D eigenvalue weighted by atomic mass is 16.5. The molecule has 3 aliphatic rings. The van der Waals surface area contributed by atoms with E-state index >= 15 is 0 Å². The highest BCUT2D eigenvalue weighted by Gasteiger charge is 2.40. The van der Waals surface area contributed by atoms with Crippen LogP contribution in [-0.2, 0) is 16.0 Å². The Morgan fingerprint density at radius 3 is 2.61 bits per heavy atom. The van der Waals surface area contributed by atoms with Gasteiger partial charge in [0, 0.05) is 32.5 Å². The molecule has 2 amide bonds. The number of methoxy groups -OCH3 is 2. The summed E-state index contributed by atoms with van der Waals surface area (Å²) in [5, 5.41) is 0. The van der Waals surface area contributed by atoms with Gasteiger partial charge in [0.05, 0.1) is 39.4 Å². The van der Waals surface area contributed by atoms with Gasteiger partial charge >= 0.3 is 0 Å². The minimum Gasteiger partial charge on any atom is -0.493 e. The summed E-state index contributed by atoms with van der Waals surface area (Å²) in [6, 6.07) is 11.8. The van der Waals surface area contributed by atoms with E-state index in [4.69, 9.17) is 18.9 Å². The SMILES string of the molecule is COc1ccc(CCN2CC(C(=O)N3CCCC3c3ccc4c(c3)OCCCO4)CC2=O)cc1OC. The molecule has 2 fully saturated rings. The molecule has 2 aromatic rings. The van der Waals surface area contributed by atoms with Gasteiger partial charge in [-0.05, 0) is 54.7 Å². The Bertz CT molecular complexity index is 1120. The molecular formula is C28H34N2O6. The van der Waals surface area contributed by atoms with Gasteiger partial charge in [0.15, 0.2) is 23.0 Å². The number of carbonyl (C=O) groups is 2. The average Bonchev–Trinajstić information content (AvgIpc) is 3.46. The molecule has 8 heteroatoms. The summed E-state index contributed by atoms with van der Waals surface area (Å²) in [4.78, 5) is 30.1. The normalized spacial score (nSPS) is 21.4. The number of hydrogen-bond donors (Lipinski definition) is 0. The van der Waals surface area contributed by atoms with Crippen LogP contribution in [0.4, 0.5) is 0 Å². The number of benzene rings is 2. The topological polar surface area (TPSA) is 77.5 Å². The predicted octanol–water partition coefficient (Wildman–Crippen LogP) is 3.62. The third kappa shape index (κ3) is 4.94. The summed E-state index contributed by atoms with van der Waals surface area (Å²) in [5.41, 5.74) is 2.13. The predicted molar refractivity (Wildman–Crippen MR) is 134 cm³/mol. The van der Waals surface area contributed by atoms with E-state index < -0.39 is 0 Å². The first-order chi connectivity index (χ1) is 17.6. The molecule has 0 radical (unpaired) electrons. The Morgan fingerprint density at radius 1 is 1.00 bits per heavy atom. The summed E-state index contributed by atoms with van der Waals surface area (Å²) in [7, 11) is 3.22. The molecule has 3 heterocycles. The third-order valence-corrected chi connectivity index (χ3v) is 7.37. The van der Waals surface area contributed by atoms with Crippen molar-refractivity contribution in [2.45, 2.75) is 38.1 Å². The monoisotopic (exact) mass is 494 g/mol. The van der Waals surface area contributed by atoms with E-state index in [9.17, 15) is 9.59 Å². The zero-order chi connectivity index (χ0) is 25.1. The first-order valence-corrected chi connectivity index (χ1v) is 12.8. The van der Waals surface area contributed by atoms with E-state index in [0.717, 1.165) is 41.9 Å². The van der Waals surface area contributed by atoms with Crippen molar-refractivity contribution < 1.29 is 28.5 Å². The van der Waals surface area contributed by atoms with Crippen molar-refractivity contribution in [3.05, 3.63) is 47.5 Å². The summed E-state index contributed by atoms with van der Waals surface area (Å²) < 4.78 is 22.3. The van der Waals surface area contributed by atoms with Crippen LogP contribution in [0.2, 0.25) is 0 Å². The smallest absolute Gasteiger partial charge is 0.228 e. The quantitative estimate of drug-likeness (QED) is 0.585. The van der Waals surface area contributed by atoms with E-state index in [1.54, 1.807) is 14.2 Å². The van der Waals surface area contributed by atoms with Crippen molar-refractivity contribution in [2.24, 2.45) is 5.92 Å². The number of fused-ring (bicyclic) bond motifs is 1. The second-order valence-electron chi connectivity index (χ2n) is 9.63. The van der Waals surface area contributed by atoms with Gasteiger partial charge in [-0.15, -0.1) is 0 Å². The summed E-state index contributed by atoms with van der Waals surface area (Å²) >= 11 is 0. The fourth-order valence-corrected chi connectivity index (χ4v) is 5.45. The van der Waals surface area contributed by atoms with Gasteiger partial charge in [-0.1, -0.05) is 12.1 Å². The van der Waals surface area contributed by atoms with Gasteiger partial charge in [0.25, 0.3) is 0 Å². The lowest BCUT2D eigenvalue weighted by Crippen LogP contribution is -2.37. The van der Waals surface area contributed by atoms with E-state index in [1.165, 1.54) is 0 Å². The maximum atomic E-state index is 13.6. The molecule has 0 saturated carbocycles. The maximum Gasteiger partial charge on any atom is 0.228 e. The van der Waals surface area contributed by atoms with Crippen molar-refractivity contribution in [1.29, 1.82) is 0 Å². The average molecular weight is 495 g/mol. The van der Waals surface area contributed by atoms with Crippen molar-refractivity contribution >= 4 is 11.8 Å². The van der Waals surface area contributed by atoms with Crippen LogP contribution in [-0.4, -0.2) is 68.7 Å². The number of amides is 2. The first-order valence-electron chi connectivity index (χ1n) is 12.8. The molecule has 2 saturated heterocycles. The Hall–Kier alpha value is -3.42. The molecule has 5 rings (SSSR count). The van der Waals surface area contributed by atoms with E-state index in [1.807, 2.05) is 46.2 Å². The zero-order valence-corrected chi connectivity index (χ0v) is 21.0. The van der Waals surface area contributed by atoms with Crippen LogP contribution in [0.15, 0.2) is 36.4 Å². The minimum absolute atomic E-state index is 0.00516. The largest absolute Gasteiger partial charge is 0.493 e. The second-order valence-corrected chi connectivity index (χ2v) is 9.63. The fraction of sp³-hybridized carbons (Fsp3) is 0.500. The number of likely N-dealkylation sites (tertiary alicyclic amines) is 2.